The number of thiophene rings is 1. The summed E-state index contributed by atoms with van der Waals surface area (Å²) in [4.78, 5) is 46.9. The first-order chi connectivity index (χ1) is 20.5. The Morgan fingerprint density at radius 1 is 1.09 bits per heavy atom. The van der Waals surface area contributed by atoms with Crippen molar-refractivity contribution in [1.82, 2.24) is 19.7 Å². The van der Waals surface area contributed by atoms with Crippen LogP contribution < -0.4 is 10.6 Å². The van der Waals surface area contributed by atoms with Gasteiger partial charge in [-0.2, -0.15) is 5.10 Å². The van der Waals surface area contributed by atoms with Gasteiger partial charge in [0.15, 0.2) is 6.23 Å². The second-order valence-electron chi connectivity index (χ2n) is 12.3. The molecule has 2 N–H and O–H groups in total. The number of hydrogen-bond acceptors (Lipinski definition) is 8. The summed E-state index contributed by atoms with van der Waals surface area (Å²) in [6.45, 7) is 10.4. The summed E-state index contributed by atoms with van der Waals surface area (Å²) in [5.74, 6) is -0.717. The summed E-state index contributed by atoms with van der Waals surface area (Å²) in [6, 6.07) is 7.58. The molecule has 230 valence electrons. The number of ether oxygens (including phenoxy) is 2. The van der Waals surface area contributed by atoms with Crippen LogP contribution in [-0.2, 0) is 19.1 Å². The van der Waals surface area contributed by atoms with Gasteiger partial charge < -0.3 is 19.7 Å². The smallest absolute Gasteiger partial charge is 0.413 e. The number of rotatable bonds is 5. The number of pyridine rings is 1. The number of carbonyl (C=O) groups is 3. The molecule has 0 aromatic carbocycles. The number of piperidine rings is 1. The summed E-state index contributed by atoms with van der Waals surface area (Å²) in [5.41, 5.74) is 1.33. The second-order valence-corrected chi connectivity index (χ2v) is 13.4. The molecule has 12 heteroatoms. The fraction of sp³-hybridized carbons (Fsp3) is 0.516. The molecular formula is C31H40N6O5S. The van der Waals surface area contributed by atoms with Crippen molar-refractivity contribution in [2.24, 2.45) is 5.92 Å². The zero-order valence-electron chi connectivity index (χ0n) is 25.4. The molecule has 5 rings (SSSR count). The largest absolute Gasteiger partial charge is 0.444 e. The third-order valence-electron chi connectivity index (χ3n) is 7.53. The lowest BCUT2D eigenvalue weighted by molar-refractivity contribution is -0.146. The van der Waals surface area contributed by atoms with E-state index in [1.165, 1.54) is 6.20 Å². The van der Waals surface area contributed by atoms with Gasteiger partial charge in [0, 0.05) is 24.2 Å². The van der Waals surface area contributed by atoms with Crippen LogP contribution >= 0.6 is 11.3 Å². The predicted octanol–water partition coefficient (Wildman–Crippen LogP) is 6.30. The highest BCUT2D eigenvalue weighted by molar-refractivity contribution is 7.15. The van der Waals surface area contributed by atoms with E-state index in [2.05, 4.69) is 39.8 Å². The highest BCUT2D eigenvalue weighted by Crippen LogP contribution is 2.40. The molecule has 43 heavy (non-hydrogen) atoms. The van der Waals surface area contributed by atoms with Gasteiger partial charge >= 0.3 is 17.9 Å². The van der Waals surface area contributed by atoms with E-state index >= 15 is 0 Å². The molecule has 3 aromatic rings. The molecule has 3 aromatic heterocycles. The molecule has 0 saturated carbocycles. The first-order valence-corrected chi connectivity index (χ1v) is 15.6. The molecule has 5 heterocycles. The Kier molecular flexibility index (Phi) is 9.16. The Labute approximate surface area is 256 Å². The molecule has 0 bridgehead atoms. The van der Waals surface area contributed by atoms with Crippen molar-refractivity contribution >= 4 is 40.7 Å². The van der Waals surface area contributed by atoms with Crippen LogP contribution in [-0.4, -0.2) is 56.3 Å². The molecule has 2 aliphatic rings. The quantitative estimate of drug-likeness (QED) is 0.326. The molecule has 3 amide bonds. The van der Waals surface area contributed by atoms with Crippen molar-refractivity contribution in [3.05, 3.63) is 47.1 Å². The van der Waals surface area contributed by atoms with Crippen LogP contribution in [0.1, 0.15) is 82.5 Å². The van der Waals surface area contributed by atoms with Crippen LogP contribution in [0, 0.1) is 12.8 Å². The fourth-order valence-corrected chi connectivity index (χ4v) is 6.66. The van der Waals surface area contributed by atoms with Gasteiger partial charge in [0.2, 0.25) is 0 Å². The maximum absolute atomic E-state index is 13.6. The van der Waals surface area contributed by atoms with Gasteiger partial charge in [0.05, 0.1) is 28.5 Å². The van der Waals surface area contributed by atoms with Crippen LogP contribution in [0.15, 0.2) is 36.7 Å². The third-order valence-corrected chi connectivity index (χ3v) is 8.74. The van der Waals surface area contributed by atoms with Crippen molar-refractivity contribution in [3.63, 3.8) is 0 Å². The van der Waals surface area contributed by atoms with Crippen LogP contribution in [0.25, 0.3) is 10.6 Å². The Bertz CT molecular complexity index is 1470. The summed E-state index contributed by atoms with van der Waals surface area (Å²) in [5, 5.41) is 9.85. The van der Waals surface area contributed by atoms with E-state index in [-0.39, 0.29) is 18.2 Å². The molecule has 0 spiro atoms. The van der Waals surface area contributed by atoms with Gasteiger partial charge in [0.1, 0.15) is 11.4 Å². The minimum Gasteiger partial charge on any atom is -0.444 e. The maximum atomic E-state index is 13.6. The predicted molar refractivity (Wildman–Crippen MR) is 165 cm³/mol. The standard InChI is InChI=1S/C31H40N6O5S/c1-19-9-10-22(24-11-12-25(43-24)23-13-14-33-37(23)26-8-6-7-15-41-26)36(18-19)29(39)28(38)34-21-16-20(2)27(32-17-21)35-30(40)42-31(3,4)5/h11-14,16-17,19,22,26H,6-10,15,18H2,1-5H3,(H,34,38)(H,32,35,40)/t19-,22+,26+/m0/s1. The average Bonchev–Trinajstić information content (AvgIpc) is 3.64. The van der Waals surface area contributed by atoms with Crippen molar-refractivity contribution in [1.29, 1.82) is 0 Å². The molecule has 0 aliphatic carbocycles. The lowest BCUT2D eigenvalue weighted by Crippen LogP contribution is -2.46. The van der Waals surface area contributed by atoms with Gasteiger partial charge in [-0.15, -0.1) is 11.3 Å². The number of nitrogens with zero attached hydrogens (tertiary/aromatic N) is 4. The van der Waals surface area contributed by atoms with Crippen LogP contribution in [0.2, 0.25) is 0 Å². The Morgan fingerprint density at radius 3 is 2.63 bits per heavy atom. The molecular weight excluding hydrogens is 568 g/mol. The Morgan fingerprint density at radius 2 is 1.91 bits per heavy atom. The Balaban J connectivity index is 1.28. The van der Waals surface area contributed by atoms with E-state index in [0.717, 1.165) is 54.2 Å². The number of nitrogens with one attached hydrogen (secondary N) is 2. The minimum absolute atomic E-state index is 0.0677. The molecule has 0 unspecified atom stereocenters. The normalized spacial score (nSPS) is 20.9. The first-order valence-electron chi connectivity index (χ1n) is 14.8. The second kappa shape index (κ2) is 12.8. The molecule has 2 aliphatic heterocycles. The zero-order valence-corrected chi connectivity index (χ0v) is 26.2. The lowest BCUT2D eigenvalue weighted by atomic mass is 9.93. The average molecular weight is 609 g/mol. The van der Waals surface area contributed by atoms with E-state index in [4.69, 9.17) is 9.47 Å². The number of hydrogen-bond donors (Lipinski definition) is 2. The number of amides is 3. The molecule has 0 radical (unpaired) electrons. The van der Waals surface area contributed by atoms with E-state index in [1.54, 1.807) is 56.2 Å². The SMILES string of the molecule is Cc1cc(NC(=O)C(=O)N2C[C@@H](C)CC[C@@H]2c2ccc(-c3ccnn3[C@H]3CCCCO3)s2)cnc1NC(=O)OC(C)(C)C. The maximum Gasteiger partial charge on any atom is 0.413 e. The molecule has 2 saturated heterocycles. The minimum atomic E-state index is -0.725. The zero-order chi connectivity index (χ0) is 30.7. The van der Waals surface area contributed by atoms with Crippen molar-refractivity contribution in [2.45, 2.75) is 84.6 Å². The topological polar surface area (TPSA) is 128 Å². The van der Waals surface area contributed by atoms with Crippen LogP contribution in [0.4, 0.5) is 16.3 Å². The summed E-state index contributed by atoms with van der Waals surface area (Å²) < 4.78 is 13.2. The summed E-state index contributed by atoms with van der Waals surface area (Å²) in [6.07, 6.45) is 7.37. The first kappa shape index (κ1) is 30.7. The number of likely N-dealkylation sites (tertiary alicyclic amines) is 1. The van der Waals surface area contributed by atoms with Gasteiger partial charge in [-0.1, -0.05) is 6.92 Å². The van der Waals surface area contributed by atoms with Gasteiger partial charge in [-0.25, -0.2) is 14.5 Å². The highest BCUT2D eigenvalue weighted by atomic mass is 32.1. The van der Waals surface area contributed by atoms with Crippen LogP contribution in [0.3, 0.4) is 0 Å². The van der Waals surface area contributed by atoms with E-state index < -0.39 is 23.5 Å². The van der Waals surface area contributed by atoms with E-state index in [0.29, 0.717) is 23.6 Å². The summed E-state index contributed by atoms with van der Waals surface area (Å²) in [7, 11) is 0. The van der Waals surface area contributed by atoms with E-state index in [1.807, 2.05) is 10.7 Å². The Hall–Kier alpha value is -3.77. The van der Waals surface area contributed by atoms with Crippen molar-refractivity contribution in [3.8, 4) is 10.6 Å². The number of carbonyl (C=O) groups excluding carboxylic acids is 3. The van der Waals surface area contributed by atoms with Crippen molar-refractivity contribution in [2.75, 3.05) is 23.8 Å². The molecule has 2 fully saturated rings. The fourth-order valence-electron chi connectivity index (χ4n) is 5.49. The summed E-state index contributed by atoms with van der Waals surface area (Å²) >= 11 is 1.63. The number of aryl methyl sites for hydroxylation is 1. The molecule has 3 atom stereocenters. The van der Waals surface area contributed by atoms with Gasteiger partial charge in [0.25, 0.3) is 0 Å². The van der Waals surface area contributed by atoms with Gasteiger partial charge in [-0.3, -0.25) is 14.9 Å². The van der Waals surface area contributed by atoms with E-state index in [9.17, 15) is 14.4 Å². The highest BCUT2D eigenvalue weighted by Gasteiger charge is 2.35. The van der Waals surface area contributed by atoms with Gasteiger partial charge in [-0.05, 0) is 95.5 Å². The van der Waals surface area contributed by atoms with Crippen molar-refractivity contribution < 1.29 is 23.9 Å². The molecule has 11 nitrogen and oxygen atoms in total. The number of aromatic nitrogens is 3. The lowest BCUT2D eigenvalue weighted by Gasteiger charge is -2.37. The third kappa shape index (κ3) is 7.42. The number of anilines is 2. The monoisotopic (exact) mass is 608 g/mol. The van der Waals surface area contributed by atoms with Crippen LogP contribution in [0.5, 0.6) is 0 Å².